The summed E-state index contributed by atoms with van der Waals surface area (Å²) in [5.74, 6) is 0.205. The van der Waals surface area contributed by atoms with Crippen molar-refractivity contribution in [3.05, 3.63) is 24.3 Å². The van der Waals surface area contributed by atoms with E-state index in [1.807, 2.05) is 0 Å². The van der Waals surface area contributed by atoms with Gasteiger partial charge in [-0.15, -0.1) is 0 Å². The van der Waals surface area contributed by atoms with Gasteiger partial charge in [-0.05, 0) is 43.5 Å². The summed E-state index contributed by atoms with van der Waals surface area (Å²) in [5, 5.41) is 5.80. The Hall–Kier alpha value is -1.76. The molecule has 1 heterocycles. The number of benzene rings is 1. The van der Waals surface area contributed by atoms with Crippen LogP contribution in [0.1, 0.15) is 38.5 Å². The van der Waals surface area contributed by atoms with Gasteiger partial charge in [0.2, 0.25) is 10.0 Å². The highest BCUT2D eigenvalue weighted by molar-refractivity contribution is 7.93. The Balaban J connectivity index is 1.58. The van der Waals surface area contributed by atoms with Crippen LogP contribution in [0.3, 0.4) is 0 Å². The molecular weight excluding hydrogens is 314 g/mol. The predicted octanol–water partition coefficient (Wildman–Crippen LogP) is 2.68. The minimum absolute atomic E-state index is 0.196. The largest absolute Gasteiger partial charge is 0.335 e. The molecule has 1 aliphatic heterocycles. The quantitative estimate of drug-likeness (QED) is 0.890. The number of hydrogen-bond acceptors (Lipinski definition) is 3. The Labute approximate surface area is 137 Å². The summed E-state index contributed by atoms with van der Waals surface area (Å²) in [6.45, 7) is 0.525. The summed E-state index contributed by atoms with van der Waals surface area (Å²) in [6.07, 6.45) is 6.33. The normalized spacial score (nSPS) is 21.1. The third kappa shape index (κ3) is 3.96. The lowest BCUT2D eigenvalue weighted by Gasteiger charge is -2.23. The highest BCUT2D eigenvalue weighted by atomic mass is 32.2. The second-order valence-electron chi connectivity index (χ2n) is 6.22. The molecule has 2 fully saturated rings. The van der Waals surface area contributed by atoms with E-state index in [0.29, 0.717) is 24.3 Å². The Morgan fingerprint density at radius 3 is 2.35 bits per heavy atom. The zero-order valence-electron chi connectivity index (χ0n) is 13.1. The summed E-state index contributed by atoms with van der Waals surface area (Å²) >= 11 is 0. The fourth-order valence-corrected chi connectivity index (χ4v) is 4.80. The maximum atomic E-state index is 12.0. The van der Waals surface area contributed by atoms with Crippen LogP contribution < -0.4 is 14.9 Å². The third-order valence-corrected chi connectivity index (χ3v) is 6.32. The average molecular weight is 337 g/mol. The van der Waals surface area contributed by atoms with Crippen molar-refractivity contribution >= 4 is 27.4 Å². The van der Waals surface area contributed by atoms with E-state index in [4.69, 9.17) is 0 Å². The molecule has 0 aromatic heterocycles. The van der Waals surface area contributed by atoms with Crippen LogP contribution in [0.5, 0.6) is 0 Å². The zero-order chi connectivity index (χ0) is 16.3. The van der Waals surface area contributed by atoms with Gasteiger partial charge in [0.25, 0.3) is 0 Å². The van der Waals surface area contributed by atoms with Crippen molar-refractivity contribution in [2.75, 3.05) is 21.9 Å². The predicted molar refractivity (Wildman–Crippen MR) is 91.2 cm³/mol. The number of amides is 2. The van der Waals surface area contributed by atoms with Crippen LogP contribution >= 0.6 is 0 Å². The molecule has 0 bridgehead atoms. The molecule has 6 nitrogen and oxygen atoms in total. The monoisotopic (exact) mass is 337 g/mol. The molecule has 1 aromatic carbocycles. The maximum Gasteiger partial charge on any atom is 0.319 e. The Kier molecular flexibility index (Phi) is 4.75. The number of anilines is 2. The molecule has 0 unspecified atom stereocenters. The Morgan fingerprint density at radius 1 is 1.04 bits per heavy atom. The van der Waals surface area contributed by atoms with Crippen molar-refractivity contribution < 1.29 is 13.2 Å². The van der Waals surface area contributed by atoms with Gasteiger partial charge in [0, 0.05) is 18.3 Å². The smallest absolute Gasteiger partial charge is 0.319 e. The second-order valence-corrected chi connectivity index (χ2v) is 8.23. The molecule has 23 heavy (non-hydrogen) atoms. The molecule has 0 radical (unpaired) electrons. The lowest BCUT2D eigenvalue weighted by atomic mass is 9.96. The zero-order valence-corrected chi connectivity index (χ0v) is 13.9. The van der Waals surface area contributed by atoms with Gasteiger partial charge in [0.15, 0.2) is 0 Å². The molecule has 1 aliphatic carbocycles. The van der Waals surface area contributed by atoms with Gasteiger partial charge in [-0.2, -0.15) is 0 Å². The van der Waals surface area contributed by atoms with Crippen molar-refractivity contribution in [1.29, 1.82) is 0 Å². The fraction of sp³-hybridized carbons (Fsp3) is 0.562. The highest BCUT2D eigenvalue weighted by Gasteiger charge is 2.28. The number of nitrogens with zero attached hydrogens (tertiary/aromatic N) is 1. The molecule has 0 atom stereocenters. The lowest BCUT2D eigenvalue weighted by Crippen LogP contribution is -2.39. The van der Waals surface area contributed by atoms with Crippen LogP contribution in [0.15, 0.2) is 24.3 Å². The molecule has 1 aromatic rings. The van der Waals surface area contributed by atoms with Gasteiger partial charge >= 0.3 is 6.03 Å². The summed E-state index contributed by atoms with van der Waals surface area (Å²) in [4.78, 5) is 12.0. The Bertz CT molecular complexity index is 652. The first kappa shape index (κ1) is 16.1. The van der Waals surface area contributed by atoms with Crippen LogP contribution in [-0.2, 0) is 10.0 Å². The van der Waals surface area contributed by atoms with E-state index in [1.54, 1.807) is 24.3 Å². The number of carbonyl (C=O) groups is 1. The minimum Gasteiger partial charge on any atom is -0.335 e. The van der Waals surface area contributed by atoms with E-state index < -0.39 is 10.0 Å². The molecule has 126 valence electrons. The standard InChI is InChI=1S/C16H23N3O3S/c20-16(17-13-5-2-1-3-6-13)18-14-7-9-15(10-8-14)19-11-4-12-23(19,21)22/h7-10,13H,1-6,11-12H2,(H2,17,18,20). The molecule has 2 amide bonds. The first-order valence-electron chi connectivity index (χ1n) is 8.23. The first-order chi connectivity index (χ1) is 11.0. The van der Waals surface area contributed by atoms with Gasteiger partial charge in [-0.1, -0.05) is 19.3 Å². The van der Waals surface area contributed by atoms with Crippen molar-refractivity contribution in [1.82, 2.24) is 5.32 Å². The molecule has 3 rings (SSSR count). The van der Waals surface area contributed by atoms with Crippen molar-refractivity contribution in [3.8, 4) is 0 Å². The third-order valence-electron chi connectivity index (χ3n) is 4.45. The van der Waals surface area contributed by atoms with Crippen LogP contribution in [0.25, 0.3) is 0 Å². The topological polar surface area (TPSA) is 78.5 Å². The number of rotatable bonds is 3. The van der Waals surface area contributed by atoms with Gasteiger partial charge in [-0.3, -0.25) is 4.31 Å². The molecule has 7 heteroatoms. The molecule has 1 saturated carbocycles. The van der Waals surface area contributed by atoms with Gasteiger partial charge in [-0.25, -0.2) is 13.2 Å². The van der Waals surface area contributed by atoms with Gasteiger partial charge < -0.3 is 10.6 Å². The number of urea groups is 1. The summed E-state index contributed by atoms with van der Waals surface area (Å²) in [7, 11) is -3.16. The van der Waals surface area contributed by atoms with Crippen molar-refractivity contribution in [2.24, 2.45) is 0 Å². The van der Waals surface area contributed by atoms with Gasteiger partial charge in [0.1, 0.15) is 0 Å². The van der Waals surface area contributed by atoms with Crippen molar-refractivity contribution in [3.63, 3.8) is 0 Å². The molecule has 1 saturated heterocycles. The average Bonchev–Trinajstić information content (AvgIpc) is 2.88. The molecule has 2 N–H and O–H groups in total. The fourth-order valence-electron chi connectivity index (χ4n) is 3.24. The minimum atomic E-state index is -3.16. The molecule has 2 aliphatic rings. The van der Waals surface area contributed by atoms with Crippen LogP contribution in [-0.4, -0.2) is 32.8 Å². The van der Waals surface area contributed by atoms with Gasteiger partial charge in [0.05, 0.1) is 11.4 Å². The summed E-state index contributed by atoms with van der Waals surface area (Å²) < 4.78 is 25.2. The van der Waals surface area contributed by atoms with E-state index in [0.717, 1.165) is 12.8 Å². The van der Waals surface area contributed by atoms with E-state index in [1.165, 1.54) is 23.6 Å². The van der Waals surface area contributed by atoms with Crippen molar-refractivity contribution in [2.45, 2.75) is 44.6 Å². The number of nitrogens with one attached hydrogen (secondary N) is 2. The molecular formula is C16H23N3O3S. The second kappa shape index (κ2) is 6.78. The van der Waals surface area contributed by atoms with E-state index in [2.05, 4.69) is 10.6 Å². The Morgan fingerprint density at radius 2 is 1.74 bits per heavy atom. The van der Waals surface area contributed by atoms with E-state index >= 15 is 0 Å². The lowest BCUT2D eigenvalue weighted by molar-refractivity contribution is 0.244. The van der Waals surface area contributed by atoms with E-state index in [-0.39, 0.29) is 17.8 Å². The maximum absolute atomic E-state index is 12.0. The van der Waals surface area contributed by atoms with E-state index in [9.17, 15) is 13.2 Å². The van der Waals surface area contributed by atoms with Crippen LogP contribution in [0.4, 0.5) is 16.2 Å². The van der Waals surface area contributed by atoms with Crippen LogP contribution in [0, 0.1) is 0 Å². The van der Waals surface area contributed by atoms with Crippen LogP contribution in [0.2, 0.25) is 0 Å². The number of carbonyl (C=O) groups excluding carboxylic acids is 1. The summed E-state index contributed by atoms with van der Waals surface area (Å²) in [6, 6.07) is 7.02. The number of sulfonamides is 1. The first-order valence-corrected chi connectivity index (χ1v) is 9.83. The molecule has 0 spiro atoms. The highest BCUT2D eigenvalue weighted by Crippen LogP contribution is 2.25. The number of hydrogen-bond donors (Lipinski definition) is 2. The summed E-state index contributed by atoms with van der Waals surface area (Å²) in [5.41, 5.74) is 1.32. The SMILES string of the molecule is O=C(Nc1ccc(N2CCCS2(=O)=O)cc1)NC1CCCCC1.